The van der Waals surface area contributed by atoms with Crippen LogP contribution in [-0.2, 0) is 4.79 Å². The third-order valence-electron chi connectivity index (χ3n) is 1.99. The van der Waals surface area contributed by atoms with E-state index in [0.717, 1.165) is 13.1 Å². The van der Waals surface area contributed by atoms with E-state index in [1.165, 1.54) is 0 Å². The van der Waals surface area contributed by atoms with Crippen molar-refractivity contribution in [2.24, 2.45) is 0 Å². The lowest BCUT2D eigenvalue weighted by molar-refractivity contribution is -0.138. The molecule has 1 saturated heterocycles. The van der Waals surface area contributed by atoms with Gasteiger partial charge in [0.15, 0.2) is 0 Å². The third-order valence-corrected chi connectivity index (χ3v) is 1.99. The van der Waals surface area contributed by atoms with E-state index in [2.05, 4.69) is 19.2 Å². The minimum Gasteiger partial charge on any atom is -0.480 e. The first-order valence-electron chi connectivity index (χ1n) is 4.28. The Labute approximate surface area is 72.6 Å². The van der Waals surface area contributed by atoms with Crippen molar-refractivity contribution in [3.63, 3.8) is 0 Å². The summed E-state index contributed by atoms with van der Waals surface area (Å²) < 4.78 is 0. The number of hydrogen-bond donors (Lipinski definition) is 2. The van der Waals surface area contributed by atoms with Gasteiger partial charge in [-0.3, -0.25) is 9.69 Å². The highest BCUT2D eigenvalue weighted by Crippen LogP contribution is 2.02. The predicted octanol–water partition coefficient (Wildman–Crippen LogP) is -0.247. The number of carboxylic acid groups (broad SMARTS) is 1. The molecule has 0 spiro atoms. The quantitative estimate of drug-likeness (QED) is 0.603. The number of rotatable bonds is 2. The first-order valence-corrected chi connectivity index (χ1v) is 4.28. The molecule has 0 bridgehead atoms. The molecule has 1 aliphatic heterocycles. The minimum atomic E-state index is -0.740. The summed E-state index contributed by atoms with van der Waals surface area (Å²) in [5.41, 5.74) is 0. The number of hydrogen-bond acceptors (Lipinski definition) is 3. The smallest absolute Gasteiger partial charge is 0.317 e. The monoisotopic (exact) mass is 172 g/mol. The fraction of sp³-hybridized carbons (Fsp3) is 0.875. The molecule has 1 aliphatic rings. The lowest BCUT2D eigenvalue weighted by Gasteiger charge is -2.34. The molecular weight excluding hydrogens is 156 g/mol. The number of carbonyl (C=O) groups is 1. The molecule has 2 unspecified atom stereocenters. The summed E-state index contributed by atoms with van der Waals surface area (Å²) in [7, 11) is 0. The normalized spacial score (nSPS) is 31.8. The molecule has 4 heteroatoms. The largest absolute Gasteiger partial charge is 0.480 e. The van der Waals surface area contributed by atoms with Gasteiger partial charge in [-0.2, -0.15) is 0 Å². The first-order chi connectivity index (χ1) is 5.58. The summed E-state index contributed by atoms with van der Waals surface area (Å²) in [5, 5.41) is 11.9. The molecule has 0 aromatic heterocycles. The average Bonchev–Trinajstić information content (AvgIpc) is 1.81. The topological polar surface area (TPSA) is 52.6 Å². The van der Waals surface area contributed by atoms with Crippen molar-refractivity contribution in [3.05, 3.63) is 0 Å². The van der Waals surface area contributed by atoms with E-state index in [1.807, 2.05) is 4.90 Å². The average molecular weight is 172 g/mol. The van der Waals surface area contributed by atoms with E-state index in [9.17, 15) is 4.79 Å². The second-order valence-electron chi connectivity index (χ2n) is 3.56. The Balaban J connectivity index is 2.38. The summed E-state index contributed by atoms with van der Waals surface area (Å²) in [6, 6.07) is 0.793. The van der Waals surface area contributed by atoms with Crippen molar-refractivity contribution in [2.45, 2.75) is 25.9 Å². The van der Waals surface area contributed by atoms with Crippen molar-refractivity contribution in [1.29, 1.82) is 0 Å². The minimum absolute atomic E-state index is 0.163. The Morgan fingerprint density at radius 3 is 2.42 bits per heavy atom. The van der Waals surface area contributed by atoms with Gasteiger partial charge in [0.25, 0.3) is 0 Å². The van der Waals surface area contributed by atoms with Gasteiger partial charge in [-0.05, 0) is 13.8 Å². The summed E-state index contributed by atoms with van der Waals surface area (Å²) in [6.07, 6.45) is 0. The zero-order valence-electron chi connectivity index (χ0n) is 7.58. The number of carboxylic acids is 1. The zero-order chi connectivity index (χ0) is 9.14. The Morgan fingerprint density at radius 1 is 1.50 bits per heavy atom. The van der Waals surface area contributed by atoms with E-state index in [-0.39, 0.29) is 6.54 Å². The maximum absolute atomic E-state index is 10.4. The molecule has 0 aromatic rings. The molecular formula is C8H16N2O2. The van der Waals surface area contributed by atoms with Gasteiger partial charge >= 0.3 is 5.97 Å². The van der Waals surface area contributed by atoms with Crippen molar-refractivity contribution < 1.29 is 9.90 Å². The maximum atomic E-state index is 10.4. The number of nitrogens with zero attached hydrogens (tertiary/aromatic N) is 1. The standard InChI is InChI=1S/C8H16N2O2/c1-6-3-10(5-8(11)12)4-7(2)9-6/h6-7,9H,3-5H2,1-2H3,(H,11,12). The van der Waals surface area contributed by atoms with Crippen LogP contribution >= 0.6 is 0 Å². The molecule has 0 amide bonds. The molecule has 1 fully saturated rings. The van der Waals surface area contributed by atoms with Crippen molar-refractivity contribution in [2.75, 3.05) is 19.6 Å². The molecule has 2 atom stereocenters. The Bertz CT molecular complexity index is 162. The van der Waals surface area contributed by atoms with E-state index in [1.54, 1.807) is 0 Å². The first kappa shape index (κ1) is 9.48. The van der Waals surface area contributed by atoms with E-state index in [0.29, 0.717) is 12.1 Å². The highest BCUT2D eigenvalue weighted by Gasteiger charge is 2.21. The second-order valence-corrected chi connectivity index (χ2v) is 3.56. The Hall–Kier alpha value is -0.610. The van der Waals surface area contributed by atoms with Crippen molar-refractivity contribution in [3.8, 4) is 0 Å². The van der Waals surface area contributed by atoms with Gasteiger partial charge < -0.3 is 10.4 Å². The van der Waals surface area contributed by atoms with Crippen LogP contribution in [0.1, 0.15) is 13.8 Å². The van der Waals surface area contributed by atoms with E-state index in [4.69, 9.17) is 5.11 Å². The van der Waals surface area contributed by atoms with Gasteiger partial charge in [-0.25, -0.2) is 0 Å². The lowest BCUT2D eigenvalue weighted by atomic mass is 10.1. The van der Waals surface area contributed by atoms with Crippen molar-refractivity contribution in [1.82, 2.24) is 10.2 Å². The molecule has 2 N–H and O–H groups in total. The van der Waals surface area contributed by atoms with Crippen molar-refractivity contribution >= 4 is 5.97 Å². The van der Waals surface area contributed by atoms with Crippen LogP contribution in [0.5, 0.6) is 0 Å². The van der Waals surface area contributed by atoms with Gasteiger partial charge in [0.2, 0.25) is 0 Å². The van der Waals surface area contributed by atoms with Crippen LogP contribution in [0.4, 0.5) is 0 Å². The van der Waals surface area contributed by atoms with E-state index < -0.39 is 5.97 Å². The summed E-state index contributed by atoms with van der Waals surface area (Å²) >= 11 is 0. The van der Waals surface area contributed by atoms with Crippen LogP contribution in [0.3, 0.4) is 0 Å². The molecule has 4 nitrogen and oxygen atoms in total. The lowest BCUT2D eigenvalue weighted by Crippen LogP contribution is -2.55. The summed E-state index contributed by atoms with van der Waals surface area (Å²) in [4.78, 5) is 12.4. The van der Waals surface area contributed by atoms with Gasteiger partial charge in [0, 0.05) is 25.2 Å². The number of nitrogens with one attached hydrogen (secondary N) is 1. The molecule has 0 aliphatic carbocycles. The molecule has 70 valence electrons. The van der Waals surface area contributed by atoms with Crippen LogP contribution in [0.15, 0.2) is 0 Å². The van der Waals surface area contributed by atoms with E-state index >= 15 is 0 Å². The van der Waals surface area contributed by atoms with Gasteiger partial charge in [0.05, 0.1) is 6.54 Å². The molecule has 12 heavy (non-hydrogen) atoms. The third kappa shape index (κ3) is 2.79. The van der Waals surface area contributed by atoms with Crippen LogP contribution in [0.2, 0.25) is 0 Å². The van der Waals surface area contributed by atoms with Crippen LogP contribution in [-0.4, -0.2) is 47.7 Å². The molecule has 1 rings (SSSR count). The molecule has 0 saturated carbocycles. The summed E-state index contributed by atoms with van der Waals surface area (Å²) in [6.45, 7) is 5.97. The Morgan fingerprint density at radius 2 is 2.00 bits per heavy atom. The zero-order valence-corrected chi connectivity index (χ0v) is 7.58. The van der Waals surface area contributed by atoms with Crippen LogP contribution < -0.4 is 5.32 Å². The van der Waals surface area contributed by atoms with Crippen LogP contribution in [0, 0.1) is 0 Å². The molecule has 1 heterocycles. The SMILES string of the molecule is CC1CN(CC(=O)O)CC(C)N1. The Kier molecular flexibility index (Phi) is 3.05. The summed E-state index contributed by atoms with van der Waals surface area (Å²) in [5.74, 6) is -0.740. The fourth-order valence-corrected chi connectivity index (χ4v) is 1.76. The highest BCUT2D eigenvalue weighted by molar-refractivity contribution is 5.69. The molecule has 0 aromatic carbocycles. The second kappa shape index (κ2) is 3.87. The van der Waals surface area contributed by atoms with Crippen LogP contribution in [0.25, 0.3) is 0 Å². The predicted molar refractivity (Wildman–Crippen MR) is 46.1 cm³/mol. The molecule has 0 radical (unpaired) electrons. The fourth-order valence-electron chi connectivity index (χ4n) is 1.76. The van der Waals surface area contributed by atoms with Gasteiger partial charge in [-0.15, -0.1) is 0 Å². The highest BCUT2D eigenvalue weighted by atomic mass is 16.4. The van der Waals surface area contributed by atoms with Gasteiger partial charge in [0.1, 0.15) is 0 Å². The number of aliphatic carboxylic acids is 1. The maximum Gasteiger partial charge on any atom is 0.317 e. The van der Waals surface area contributed by atoms with Gasteiger partial charge in [-0.1, -0.05) is 0 Å². The number of piperazine rings is 1.